The van der Waals surface area contributed by atoms with E-state index in [1.54, 1.807) is 27.7 Å². The Morgan fingerprint density at radius 1 is 0.680 bits per heavy atom. The molecule has 3 nitrogen and oxygen atoms in total. The summed E-state index contributed by atoms with van der Waals surface area (Å²) in [5, 5.41) is 8.06. The van der Waals surface area contributed by atoms with E-state index in [9.17, 15) is 9.59 Å². The fraction of sp³-hybridized carbons (Fsp3) is 0.909. The number of Topliss-reactive ketones (excluding diaryl/α,β-unsaturated/α-hetero) is 2. The molecule has 25 heavy (non-hydrogen) atoms. The minimum Gasteiger partial charge on any atom is -0.394 e. The van der Waals surface area contributed by atoms with Gasteiger partial charge in [0.1, 0.15) is 11.6 Å². The molecular formula is C22H48O3. The second-order valence-electron chi connectivity index (χ2n) is 6.83. The van der Waals surface area contributed by atoms with Gasteiger partial charge in [0.2, 0.25) is 0 Å². The fourth-order valence-electron chi connectivity index (χ4n) is 1.68. The van der Waals surface area contributed by atoms with Crippen LogP contribution in [0.15, 0.2) is 0 Å². The third-order valence-corrected chi connectivity index (χ3v) is 2.73. The molecule has 0 saturated carbocycles. The summed E-state index contributed by atoms with van der Waals surface area (Å²) < 4.78 is 0. The third kappa shape index (κ3) is 82.8. The summed E-state index contributed by atoms with van der Waals surface area (Å²) in [5.74, 6) is 0.626. The molecule has 3 heteroatoms. The van der Waals surface area contributed by atoms with E-state index in [1.807, 2.05) is 6.92 Å². The van der Waals surface area contributed by atoms with Gasteiger partial charge in [-0.3, -0.25) is 0 Å². The molecule has 0 amide bonds. The van der Waals surface area contributed by atoms with E-state index in [2.05, 4.69) is 20.8 Å². The van der Waals surface area contributed by atoms with Gasteiger partial charge in [-0.1, -0.05) is 72.6 Å². The molecule has 0 fully saturated rings. The van der Waals surface area contributed by atoms with Gasteiger partial charge in [0, 0.05) is 18.9 Å². The highest BCUT2D eigenvalue weighted by atomic mass is 16.3. The van der Waals surface area contributed by atoms with Gasteiger partial charge in [-0.05, 0) is 40.5 Å². The van der Waals surface area contributed by atoms with E-state index in [0.29, 0.717) is 5.78 Å². The first kappa shape index (κ1) is 32.0. The summed E-state index contributed by atoms with van der Waals surface area (Å²) in [4.78, 5) is 20.6. The Morgan fingerprint density at radius 3 is 1.24 bits per heavy atom. The van der Waals surface area contributed by atoms with Crippen LogP contribution in [0.1, 0.15) is 126 Å². The SMILES string of the molecule is CC(C)O.CCC.CCCC(C)=O.CCCCCCCCCC(C)=O. The first-order valence-corrected chi connectivity index (χ1v) is 10.4. The number of aliphatic hydroxyl groups excluding tert-OH is 1. The lowest BCUT2D eigenvalue weighted by atomic mass is 10.1. The second kappa shape index (κ2) is 31.1. The smallest absolute Gasteiger partial charge is 0.129 e. The van der Waals surface area contributed by atoms with Crippen LogP contribution in [0.3, 0.4) is 0 Å². The molecule has 154 valence electrons. The summed E-state index contributed by atoms with van der Waals surface area (Å²) in [6.07, 6.45) is 12.6. The molecule has 0 aliphatic rings. The van der Waals surface area contributed by atoms with Crippen molar-refractivity contribution < 1.29 is 14.7 Å². The fourth-order valence-corrected chi connectivity index (χ4v) is 1.68. The van der Waals surface area contributed by atoms with Crippen LogP contribution >= 0.6 is 0 Å². The summed E-state index contributed by atoms with van der Waals surface area (Å²) in [5.41, 5.74) is 0. The van der Waals surface area contributed by atoms with Gasteiger partial charge in [0.05, 0.1) is 0 Å². The van der Waals surface area contributed by atoms with Crippen molar-refractivity contribution in [2.75, 3.05) is 0 Å². The summed E-state index contributed by atoms with van der Waals surface area (Å²) in [6.45, 7) is 15.2. The van der Waals surface area contributed by atoms with E-state index in [1.165, 1.54) is 44.9 Å². The first-order valence-electron chi connectivity index (χ1n) is 10.4. The van der Waals surface area contributed by atoms with Gasteiger partial charge < -0.3 is 14.7 Å². The van der Waals surface area contributed by atoms with Crippen molar-refractivity contribution in [1.29, 1.82) is 0 Å². The molecular weight excluding hydrogens is 312 g/mol. The molecule has 0 spiro atoms. The predicted octanol–water partition coefficient (Wildman–Crippen LogP) is 6.90. The van der Waals surface area contributed by atoms with Gasteiger partial charge in [0.15, 0.2) is 0 Å². The number of ketones is 2. The molecule has 0 heterocycles. The molecule has 0 bridgehead atoms. The third-order valence-electron chi connectivity index (χ3n) is 2.73. The maximum Gasteiger partial charge on any atom is 0.129 e. The molecule has 0 radical (unpaired) electrons. The molecule has 0 aliphatic heterocycles. The van der Waals surface area contributed by atoms with Crippen LogP contribution in [-0.4, -0.2) is 22.8 Å². The average Bonchev–Trinajstić information content (AvgIpc) is 2.47. The van der Waals surface area contributed by atoms with Gasteiger partial charge in [-0.15, -0.1) is 0 Å². The molecule has 0 aromatic carbocycles. The van der Waals surface area contributed by atoms with Gasteiger partial charge >= 0.3 is 0 Å². The number of carbonyl (C=O) groups is 2. The molecule has 0 unspecified atom stereocenters. The molecule has 0 aromatic heterocycles. The van der Waals surface area contributed by atoms with Crippen molar-refractivity contribution in [3.63, 3.8) is 0 Å². The normalized spacial score (nSPS) is 9.04. The molecule has 0 rings (SSSR count). The highest BCUT2D eigenvalue weighted by Crippen LogP contribution is 2.08. The van der Waals surface area contributed by atoms with Crippen LogP contribution < -0.4 is 0 Å². The lowest BCUT2D eigenvalue weighted by molar-refractivity contribution is -0.117. The molecule has 0 saturated heterocycles. The maximum absolute atomic E-state index is 10.6. The van der Waals surface area contributed by atoms with Crippen molar-refractivity contribution in [3.8, 4) is 0 Å². The monoisotopic (exact) mass is 360 g/mol. The molecule has 0 aliphatic carbocycles. The van der Waals surface area contributed by atoms with Crippen LogP contribution in [0.2, 0.25) is 0 Å². The number of carbonyl (C=O) groups excluding carboxylic acids is 2. The van der Waals surface area contributed by atoms with Crippen LogP contribution in [0.4, 0.5) is 0 Å². The zero-order valence-electron chi connectivity index (χ0n) is 18.6. The minimum absolute atomic E-state index is 0.167. The van der Waals surface area contributed by atoms with Gasteiger partial charge in [0.25, 0.3) is 0 Å². The van der Waals surface area contributed by atoms with Crippen LogP contribution in [0, 0.1) is 0 Å². The predicted molar refractivity (Wildman–Crippen MR) is 112 cm³/mol. The van der Waals surface area contributed by atoms with E-state index in [4.69, 9.17) is 5.11 Å². The van der Waals surface area contributed by atoms with E-state index < -0.39 is 0 Å². The van der Waals surface area contributed by atoms with Crippen LogP contribution in [0.5, 0.6) is 0 Å². The number of unbranched alkanes of at least 4 members (excludes halogenated alkanes) is 6. The number of hydrogen-bond donors (Lipinski definition) is 1. The Labute approximate surface area is 159 Å². The Bertz CT molecular complexity index is 245. The summed E-state index contributed by atoms with van der Waals surface area (Å²) >= 11 is 0. The minimum atomic E-state index is -0.167. The van der Waals surface area contributed by atoms with Crippen LogP contribution in [-0.2, 0) is 9.59 Å². The maximum atomic E-state index is 10.6. The summed E-state index contributed by atoms with van der Waals surface area (Å²) in [6, 6.07) is 0. The van der Waals surface area contributed by atoms with Crippen molar-refractivity contribution in [2.24, 2.45) is 0 Å². The van der Waals surface area contributed by atoms with Crippen LogP contribution in [0.25, 0.3) is 0 Å². The second-order valence-corrected chi connectivity index (χ2v) is 6.83. The Kier molecular flexibility index (Phi) is 39.8. The molecule has 0 aromatic rings. The highest BCUT2D eigenvalue weighted by Gasteiger charge is 1.93. The molecule has 1 N–H and O–H groups in total. The van der Waals surface area contributed by atoms with Gasteiger partial charge in [-0.2, -0.15) is 0 Å². The number of hydrogen-bond acceptors (Lipinski definition) is 3. The van der Waals surface area contributed by atoms with Crippen molar-refractivity contribution in [2.45, 2.75) is 132 Å². The van der Waals surface area contributed by atoms with Crippen molar-refractivity contribution in [3.05, 3.63) is 0 Å². The lowest BCUT2D eigenvalue weighted by Crippen LogP contribution is -1.89. The Morgan fingerprint density at radius 2 is 1.00 bits per heavy atom. The van der Waals surface area contributed by atoms with E-state index >= 15 is 0 Å². The lowest BCUT2D eigenvalue weighted by Gasteiger charge is -1.98. The zero-order valence-corrected chi connectivity index (χ0v) is 18.6. The number of rotatable bonds is 10. The Hall–Kier alpha value is -0.700. The van der Waals surface area contributed by atoms with Crippen molar-refractivity contribution >= 4 is 11.6 Å². The van der Waals surface area contributed by atoms with Crippen molar-refractivity contribution in [1.82, 2.24) is 0 Å². The largest absolute Gasteiger partial charge is 0.394 e. The highest BCUT2D eigenvalue weighted by molar-refractivity contribution is 5.75. The average molecular weight is 361 g/mol. The standard InChI is InChI=1S/C11H22O.C5H10O.C3H8O.C3H8/c1-3-4-5-6-7-8-9-10-11(2)12;1-3-4-5(2)6;1-3(2)4;1-3-2/h3-10H2,1-2H3;3-4H2,1-2H3;3-4H,1-2H3;3H2,1-2H3. The number of aliphatic hydroxyl groups is 1. The molecule has 0 atom stereocenters. The summed E-state index contributed by atoms with van der Waals surface area (Å²) in [7, 11) is 0. The van der Waals surface area contributed by atoms with Gasteiger partial charge in [-0.25, -0.2) is 0 Å². The Balaban J connectivity index is -0.000000141. The first-order chi connectivity index (χ1) is 11.7. The van der Waals surface area contributed by atoms with E-state index in [0.717, 1.165) is 25.7 Å². The quantitative estimate of drug-likeness (QED) is 0.431. The topological polar surface area (TPSA) is 54.4 Å². The zero-order chi connectivity index (χ0) is 20.5. The van der Waals surface area contributed by atoms with E-state index in [-0.39, 0.29) is 11.9 Å².